The number of likely N-dealkylation sites (N-methyl/N-ethyl adjacent to an activating group) is 2. The van der Waals surface area contributed by atoms with Crippen LogP contribution in [0.5, 0.6) is 5.75 Å². The van der Waals surface area contributed by atoms with Crippen molar-refractivity contribution in [2.24, 2.45) is 5.73 Å². The van der Waals surface area contributed by atoms with Crippen molar-refractivity contribution in [3.63, 3.8) is 0 Å². The van der Waals surface area contributed by atoms with Crippen molar-refractivity contribution in [3.8, 4) is 5.75 Å². The van der Waals surface area contributed by atoms with Crippen molar-refractivity contribution in [1.29, 1.82) is 0 Å². The highest BCUT2D eigenvalue weighted by Crippen LogP contribution is 2.27. The first-order valence-electron chi connectivity index (χ1n) is 13.7. The molecule has 1 aromatic heterocycles. The summed E-state index contributed by atoms with van der Waals surface area (Å²) >= 11 is 0. The second-order valence-electron chi connectivity index (χ2n) is 10.2. The average Bonchev–Trinajstić information content (AvgIpc) is 2.91. The Morgan fingerprint density at radius 1 is 1.12 bits per heavy atom. The van der Waals surface area contributed by atoms with Crippen LogP contribution in [-0.4, -0.2) is 98.0 Å². The van der Waals surface area contributed by atoms with Crippen LogP contribution in [0.15, 0.2) is 36.4 Å². The smallest absolute Gasteiger partial charge is 0.271 e. The third-order valence-corrected chi connectivity index (χ3v) is 6.12. The number of carbonyl (C=O) groups excluding carboxylic acids is 3. The minimum atomic E-state index is -0.667. The van der Waals surface area contributed by atoms with Gasteiger partial charge in [0.2, 0.25) is 11.8 Å². The van der Waals surface area contributed by atoms with Gasteiger partial charge in [-0.15, -0.1) is 0 Å². The lowest BCUT2D eigenvalue weighted by Crippen LogP contribution is -2.38. The lowest BCUT2D eigenvalue weighted by Gasteiger charge is -2.25. The Morgan fingerprint density at radius 2 is 1.85 bits per heavy atom. The molecule has 2 rings (SSSR count). The van der Waals surface area contributed by atoms with E-state index >= 15 is 0 Å². The molecule has 0 atom stereocenters. The third-order valence-electron chi connectivity index (χ3n) is 6.12. The van der Waals surface area contributed by atoms with E-state index in [9.17, 15) is 14.4 Å². The van der Waals surface area contributed by atoms with Crippen LogP contribution in [0.3, 0.4) is 0 Å². The molecule has 4 N–H and O–H groups in total. The average molecular weight is 569 g/mol. The number of hydrogen-bond donors (Lipinski definition) is 3. The SMILES string of the molecule is CCc1nc(C(N)=O)c(Nc2cccc(OCCCNC(=O)CN(C)C(=O)/C=C/CN(C)C)c2)nc1N(C)C(C)C. The van der Waals surface area contributed by atoms with Gasteiger partial charge in [-0.05, 0) is 52.9 Å². The van der Waals surface area contributed by atoms with Crippen molar-refractivity contribution >= 4 is 35.0 Å². The van der Waals surface area contributed by atoms with E-state index in [1.54, 1.807) is 19.2 Å². The fraction of sp³-hybridized carbons (Fsp3) is 0.483. The third kappa shape index (κ3) is 10.7. The van der Waals surface area contributed by atoms with Crippen LogP contribution in [0.25, 0.3) is 0 Å². The number of benzene rings is 1. The van der Waals surface area contributed by atoms with Crippen LogP contribution in [-0.2, 0) is 16.0 Å². The van der Waals surface area contributed by atoms with E-state index in [4.69, 9.17) is 15.5 Å². The van der Waals surface area contributed by atoms with Crippen molar-refractivity contribution < 1.29 is 19.1 Å². The van der Waals surface area contributed by atoms with Gasteiger partial charge in [-0.1, -0.05) is 19.1 Å². The summed E-state index contributed by atoms with van der Waals surface area (Å²) in [6.07, 6.45) is 4.40. The fourth-order valence-electron chi connectivity index (χ4n) is 3.62. The zero-order valence-electron chi connectivity index (χ0n) is 25.2. The summed E-state index contributed by atoms with van der Waals surface area (Å²) in [5.41, 5.74) is 7.04. The Balaban J connectivity index is 1.93. The summed E-state index contributed by atoms with van der Waals surface area (Å²) in [5.74, 6) is 0.427. The first-order valence-corrected chi connectivity index (χ1v) is 13.7. The van der Waals surface area contributed by atoms with Gasteiger partial charge in [-0.2, -0.15) is 0 Å². The number of aromatic nitrogens is 2. The maximum Gasteiger partial charge on any atom is 0.271 e. The molecular formula is C29H44N8O4. The molecule has 0 unspecified atom stereocenters. The van der Waals surface area contributed by atoms with Gasteiger partial charge in [0.1, 0.15) is 5.75 Å². The Morgan fingerprint density at radius 3 is 2.49 bits per heavy atom. The van der Waals surface area contributed by atoms with Crippen molar-refractivity contribution in [3.05, 3.63) is 47.8 Å². The molecule has 0 aliphatic rings. The number of amides is 3. The fourth-order valence-corrected chi connectivity index (χ4v) is 3.62. The second-order valence-corrected chi connectivity index (χ2v) is 10.2. The Hall–Kier alpha value is -4.19. The summed E-state index contributed by atoms with van der Waals surface area (Å²) in [4.78, 5) is 50.9. The number of anilines is 3. The largest absolute Gasteiger partial charge is 0.493 e. The molecule has 3 amide bonds. The van der Waals surface area contributed by atoms with Gasteiger partial charge in [0.25, 0.3) is 5.91 Å². The maximum atomic E-state index is 12.2. The van der Waals surface area contributed by atoms with Crippen LogP contribution < -0.4 is 26.0 Å². The molecule has 0 aliphatic carbocycles. The first-order chi connectivity index (χ1) is 19.4. The highest BCUT2D eigenvalue weighted by molar-refractivity contribution is 5.96. The van der Waals surface area contributed by atoms with Crippen LogP contribution in [0.1, 0.15) is 43.4 Å². The molecule has 0 bridgehead atoms. The molecule has 12 nitrogen and oxygen atoms in total. The van der Waals surface area contributed by atoms with Crippen LogP contribution in [0, 0.1) is 0 Å². The summed E-state index contributed by atoms with van der Waals surface area (Å²) in [6, 6.07) is 7.43. The number of ether oxygens (including phenoxy) is 1. The second kappa shape index (κ2) is 16.2. The molecule has 0 aliphatic heterocycles. The minimum Gasteiger partial charge on any atom is -0.493 e. The topological polar surface area (TPSA) is 146 Å². The molecule has 0 fully saturated rings. The molecule has 0 spiro atoms. The Kier molecular flexibility index (Phi) is 13.0. The molecule has 0 radical (unpaired) electrons. The molecule has 41 heavy (non-hydrogen) atoms. The molecule has 0 saturated heterocycles. The summed E-state index contributed by atoms with van der Waals surface area (Å²) < 4.78 is 5.85. The van der Waals surface area contributed by atoms with E-state index in [2.05, 4.69) is 15.6 Å². The lowest BCUT2D eigenvalue weighted by atomic mass is 10.2. The normalized spacial score (nSPS) is 11.1. The first kappa shape index (κ1) is 33.0. The molecular weight excluding hydrogens is 524 g/mol. The highest BCUT2D eigenvalue weighted by Gasteiger charge is 2.20. The van der Waals surface area contributed by atoms with Gasteiger partial charge in [0, 0.05) is 51.1 Å². The van der Waals surface area contributed by atoms with Gasteiger partial charge in [0.05, 0.1) is 18.8 Å². The van der Waals surface area contributed by atoms with Crippen molar-refractivity contribution in [1.82, 2.24) is 25.1 Å². The number of aryl methyl sites for hydroxylation is 1. The molecule has 0 saturated carbocycles. The van der Waals surface area contributed by atoms with Crippen LogP contribution in [0.4, 0.5) is 17.3 Å². The van der Waals surface area contributed by atoms with Gasteiger partial charge >= 0.3 is 0 Å². The number of carbonyl (C=O) groups is 3. The molecule has 2 aromatic rings. The van der Waals surface area contributed by atoms with Gasteiger partial charge < -0.3 is 35.8 Å². The number of rotatable bonds is 16. The van der Waals surface area contributed by atoms with E-state index in [1.807, 2.05) is 69.9 Å². The van der Waals surface area contributed by atoms with E-state index in [0.29, 0.717) is 55.5 Å². The molecule has 12 heteroatoms. The van der Waals surface area contributed by atoms with E-state index in [0.717, 1.165) is 0 Å². The van der Waals surface area contributed by atoms with E-state index in [-0.39, 0.29) is 35.9 Å². The number of nitrogens with two attached hydrogens (primary N) is 1. The van der Waals surface area contributed by atoms with Crippen molar-refractivity contribution in [2.75, 3.05) is 64.6 Å². The number of primary amides is 1. The Bertz CT molecular complexity index is 1220. The summed E-state index contributed by atoms with van der Waals surface area (Å²) in [7, 11) is 7.34. The van der Waals surface area contributed by atoms with Gasteiger partial charge in [-0.25, -0.2) is 9.97 Å². The number of nitrogens with zero attached hydrogens (tertiary/aromatic N) is 5. The molecule has 224 valence electrons. The van der Waals surface area contributed by atoms with E-state index in [1.165, 1.54) is 11.0 Å². The maximum absolute atomic E-state index is 12.2. The lowest BCUT2D eigenvalue weighted by molar-refractivity contribution is -0.131. The summed E-state index contributed by atoms with van der Waals surface area (Å²) in [5, 5.41) is 5.97. The molecule has 1 heterocycles. The molecule has 1 aromatic carbocycles. The minimum absolute atomic E-state index is 0.0240. The predicted molar refractivity (Wildman–Crippen MR) is 162 cm³/mol. The van der Waals surface area contributed by atoms with Gasteiger partial charge in [0.15, 0.2) is 17.3 Å². The zero-order valence-corrected chi connectivity index (χ0v) is 25.2. The monoisotopic (exact) mass is 568 g/mol. The standard InChI is InChI=1S/C29H44N8O4/c1-8-23-29(37(7)20(2)3)34-28(26(33-23)27(30)40)32-21-12-9-13-22(18-21)41-17-11-15-31-24(38)19-36(6)25(39)14-10-16-35(4)5/h9-10,12-14,18,20H,8,11,15-17,19H2,1-7H3,(H2,30,40)(H,31,38)(H,32,34)/b14-10+. The number of hydrogen-bond acceptors (Lipinski definition) is 9. The predicted octanol–water partition coefficient (Wildman–Crippen LogP) is 2.19. The quantitative estimate of drug-likeness (QED) is 0.205. The van der Waals surface area contributed by atoms with Crippen molar-refractivity contribution in [2.45, 2.75) is 39.7 Å². The Labute approximate surface area is 242 Å². The number of nitrogens with one attached hydrogen (secondary N) is 2. The van der Waals surface area contributed by atoms with E-state index < -0.39 is 5.91 Å². The van der Waals surface area contributed by atoms with Gasteiger partial charge in [-0.3, -0.25) is 14.4 Å². The van der Waals surface area contributed by atoms with Crippen LogP contribution >= 0.6 is 0 Å². The van der Waals surface area contributed by atoms with Crippen LogP contribution in [0.2, 0.25) is 0 Å². The summed E-state index contributed by atoms with van der Waals surface area (Å²) in [6.45, 7) is 7.45. The zero-order chi connectivity index (χ0) is 30.5. The highest BCUT2D eigenvalue weighted by atomic mass is 16.5.